The molecule has 3 rings (SSSR count). The third-order valence-corrected chi connectivity index (χ3v) is 4.31. The van der Waals surface area contributed by atoms with Gasteiger partial charge in [0.1, 0.15) is 5.52 Å². The highest BCUT2D eigenvalue weighted by Crippen LogP contribution is 2.30. The van der Waals surface area contributed by atoms with E-state index in [9.17, 15) is 8.78 Å². The standard InChI is InChI=1S/C19H22F2N4O/c1-6-14-13(7-8-15(23-14)26-19(20)21)17-12(5)22-18-16(24-17)11(4)9-25(18)10(2)3/h7-10,19H,6H2,1-5H3. The van der Waals surface area contributed by atoms with Crippen molar-refractivity contribution in [1.29, 1.82) is 0 Å². The van der Waals surface area contributed by atoms with E-state index in [1.807, 2.05) is 20.8 Å². The molecule has 3 aromatic heterocycles. The Labute approximate surface area is 151 Å². The van der Waals surface area contributed by atoms with Crippen molar-refractivity contribution >= 4 is 11.2 Å². The van der Waals surface area contributed by atoms with Crippen LogP contribution < -0.4 is 4.74 Å². The number of hydrogen-bond acceptors (Lipinski definition) is 4. The summed E-state index contributed by atoms with van der Waals surface area (Å²) in [5.41, 5.74) is 5.67. The summed E-state index contributed by atoms with van der Waals surface area (Å²) in [4.78, 5) is 13.8. The summed E-state index contributed by atoms with van der Waals surface area (Å²) in [6.45, 7) is 7.13. The van der Waals surface area contributed by atoms with E-state index in [1.165, 1.54) is 6.07 Å². The highest BCUT2D eigenvalue weighted by Gasteiger charge is 2.18. The number of aryl methyl sites for hydroxylation is 3. The summed E-state index contributed by atoms with van der Waals surface area (Å²) in [5, 5.41) is 0. The van der Waals surface area contributed by atoms with Gasteiger partial charge in [0.15, 0.2) is 5.65 Å². The maximum atomic E-state index is 12.4. The Kier molecular flexibility index (Phi) is 4.89. The second kappa shape index (κ2) is 6.97. The lowest BCUT2D eigenvalue weighted by Gasteiger charge is -2.13. The Balaban J connectivity index is 2.16. The highest BCUT2D eigenvalue weighted by atomic mass is 19.3. The summed E-state index contributed by atoms with van der Waals surface area (Å²) >= 11 is 0. The molecule has 0 atom stereocenters. The predicted molar refractivity (Wildman–Crippen MR) is 96.6 cm³/mol. The smallest absolute Gasteiger partial charge is 0.388 e. The van der Waals surface area contributed by atoms with Crippen LogP contribution in [0.4, 0.5) is 8.78 Å². The van der Waals surface area contributed by atoms with Gasteiger partial charge in [-0.2, -0.15) is 8.78 Å². The Hall–Kier alpha value is -2.57. The maximum Gasteiger partial charge on any atom is 0.388 e. The molecule has 0 N–H and O–H groups in total. The molecule has 0 aromatic carbocycles. The first-order valence-corrected chi connectivity index (χ1v) is 8.62. The van der Waals surface area contributed by atoms with Crippen LogP contribution in [0, 0.1) is 13.8 Å². The highest BCUT2D eigenvalue weighted by molar-refractivity contribution is 5.80. The maximum absolute atomic E-state index is 12.4. The molecule has 138 valence electrons. The van der Waals surface area contributed by atoms with E-state index in [-0.39, 0.29) is 11.9 Å². The zero-order chi connectivity index (χ0) is 19.0. The zero-order valence-corrected chi connectivity index (χ0v) is 15.5. The van der Waals surface area contributed by atoms with Crippen LogP contribution in [0.15, 0.2) is 18.3 Å². The number of halogens is 2. The number of aromatic nitrogens is 4. The molecule has 0 saturated carbocycles. The second-order valence-corrected chi connectivity index (χ2v) is 6.52. The van der Waals surface area contributed by atoms with Gasteiger partial charge in [0, 0.05) is 23.9 Å². The van der Waals surface area contributed by atoms with Gasteiger partial charge in [-0.15, -0.1) is 0 Å². The van der Waals surface area contributed by atoms with Gasteiger partial charge < -0.3 is 9.30 Å². The van der Waals surface area contributed by atoms with Crippen molar-refractivity contribution in [3.05, 3.63) is 35.3 Å². The van der Waals surface area contributed by atoms with Crippen molar-refractivity contribution in [3.63, 3.8) is 0 Å². The number of ether oxygens (including phenoxy) is 1. The van der Waals surface area contributed by atoms with E-state index in [0.29, 0.717) is 12.1 Å². The lowest BCUT2D eigenvalue weighted by Crippen LogP contribution is -2.06. The van der Waals surface area contributed by atoms with Crippen LogP contribution in [-0.2, 0) is 6.42 Å². The molecular weight excluding hydrogens is 338 g/mol. The van der Waals surface area contributed by atoms with E-state index in [1.54, 1.807) is 6.07 Å². The summed E-state index contributed by atoms with van der Waals surface area (Å²) in [6.07, 6.45) is 2.62. The molecule has 3 aromatic rings. The molecule has 0 radical (unpaired) electrons. The van der Waals surface area contributed by atoms with Crippen LogP contribution in [0.25, 0.3) is 22.4 Å². The lowest BCUT2D eigenvalue weighted by atomic mass is 10.1. The number of hydrogen-bond donors (Lipinski definition) is 0. The van der Waals surface area contributed by atoms with Gasteiger partial charge in [-0.05, 0) is 45.7 Å². The van der Waals surface area contributed by atoms with Crippen molar-refractivity contribution in [1.82, 2.24) is 19.5 Å². The van der Waals surface area contributed by atoms with E-state index < -0.39 is 6.61 Å². The minimum atomic E-state index is -2.89. The predicted octanol–water partition coefficient (Wildman–Crippen LogP) is 4.85. The molecule has 0 spiro atoms. The fourth-order valence-electron chi connectivity index (χ4n) is 3.06. The lowest BCUT2D eigenvalue weighted by molar-refractivity contribution is -0.0529. The normalized spacial score (nSPS) is 11.7. The van der Waals surface area contributed by atoms with Gasteiger partial charge in [-0.25, -0.2) is 15.0 Å². The van der Waals surface area contributed by atoms with Gasteiger partial charge in [0.05, 0.1) is 17.1 Å². The first kappa shape index (κ1) is 18.2. The van der Waals surface area contributed by atoms with Crippen LogP contribution in [0.2, 0.25) is 0 Å². The molecule has 0 unspecified atom stereocenters. The van der Waals surface area contributed by atoms with Crippen molar-refractivity contribution in [2.75, 3.05) is 0 Å². The fraction of sp³-hybridized carbons (Fsp3) is 0.421. The topological polar surface area (TPSA) is 52.8 Å². The number of fused-ring (bicyclic) bond motifs is 1. The summed E-state index contributed by atoms with van der Waals surface area (Å²) in [7, 11) is 0. The van der Waals surface area contributed by atoms with Crippen molar-refractivity contribution < 1.29 is 13.5 Å². The van der Waals surface area contributed by atoms with E-state index in [2.05, 4.69) is 34.3 Å². The summed E-state index contributed by atoms with van der Waals surface area (Å²) in [5.74, 6) is -0.0885. The minimum absolute atomic E-state index is 0.0885. The Morgan fingerprint density at radius 3 is 2.46 bits per heavy atom. The van der Waals surface area contributed by atoms with Crippen LogP contribution in [-0.4, -0.2) is 26.1 Å². The third-order valence-electron chi connectivity index (χ3n) is 4.31. The molecule has 0 bridgehead atoms. The van der Waals surface area contributed by atoms with Gasteiger partial charge in [0.2, 0.25) is 5.88 Å². The van der Waals surface area contributed by atoms with E-state index >= 15 is 0 Å². The minimum Gasteiger partial charge on any atom is -0.417 e. The molecule has 0 aliphatic heterocycles. The molecule has 0 aliphatic carbocycles. The van der Waals surface area contributed by atoms with Gasteiger partial charge in [0.25, 0.3) is 0 Å². The zero-order valence-electron chi connectivity index (χ0n) is 15.5. The molecule has 5 nitrogen and oxygen atoms in total. The Bertz CT molecular complexity index is 950. The second-order valence-electron chi connectivity index (χ2n) is 6.52. The average molecular weight is 360 g/mol. The molecule has 3 heterocycles. The van der Waals surface area contributed by atoms with Crippen molar-refractivity contribution in [3.8, 4) is 17.1 Å². The largest absolute Gasteiger partial charge is 0.417 e. The molecular formula is C19H22F2N4O. The van der Waals surface area contributed by atoms with Gasteiger partial charge in [-0.3, -0.25) is 0 Å². The number of alkyl halides is 2. The molecule has 0 amide bonds. The van der Waals surface area contributed by atoms with Crippen LogP contribution in [0.1, 0.15) is 43.8 Å². The van der Waals surface area contributed by atoms with Crippen molar-refractivity contribution in [2.24, 2.45) is 0 Å². The quantitative estimate of drug-likeness (QED) is 0.652. The Morgan fingerprint density at radius 1 is 1.12 bits per heavy atom. The first-order valence-electron chi connectivity index (χ1n) is 8.62. The summed E-state index contributed by atoms with van der Waals surface area (Å²) in [6, 6.07) is 3.45. The van der Waals surface area contributed by atoms with Crippen molar-refractivity contribution in [2.45, 2.75) is 53.7 Å². The fourth-order valence-corrected chi connectivity index (χ4v) is 3.06. The third kappa shape index (κ3) is 3.25. The number of rotatable bonds is 5. The Morgan fingerprint density at radius 2 is 1.85 bits per heavy atom. The van der Waals surface area contributed by atoms with E-state index in [4.69, 9.17) is 9.97 Å². The average Bonchev–Trinajstić information content (AvgIpc) is 2.90. The molecule has 0 aliphatic rings. The van der Waals surface area contributed by atoms with Gasteiger partial charge in [-0.1, -0.05) is 6.92 Å². The molecule has 0 saturated heterocycles. The molecule has 7 heteroatoms. The van der Waals surface area contributed by atoms with Crippen LogP contribution >= 0.6 is 0 Å². The van der Waals surface area contributed by atoms with E-state index in [0.717, 1.165) is 33.7 Å². The monoisotopic (exact) mass is 360 g/mol. The SMILES string of the molecule is CCc1nc(OC(F)F)ccc1-c1nc2c(C)cn(C(C)C)c2nc1C. The molecule has 0 fully saturated rings. The first-order chi connectivity index (χ1) is 12.3. The molecule has 26 heavy (non-hydrogen) atoms. The number of nitrogens with zero attached hydrogens (tertiary/aromatic N) is 4. The van der Waals surface area contributed by atoms with Crippen LogP contribution in [0.3, 0.4) is 0 Å². The van der Waals surface area contributed by atoms with Gasteiger partial charge >= 0.3 is 6.61 Å². The number of pyridine rings is 1. The van der Waals surface area contributed by atoms with Crippen LogP contribution in [0.5, 0.6) is 5.88 Å². The summed E-state index contributed by atoms with van der Waals surface area (Å²) < 4.78 is 31.4.